The van der Waals surface area contributed by atoms with Crippen LogP contribution in [-0.2, 0) is 20.9 Å². The molecule has 34 heavy (non-hydrogen) atoms. The minimum Gasteiger partial charge on any atom is -0.378 e. The van der Waals surface area contributed by atoms with Gasteiger partial charge in [-0.3, -0.25) is 5.32 Å². The molecule has 3 aromatic rings. The number of thiol groups is 1. The molecule has 1 saturated carbocycles. The Kier molecular flexibility index (Phi) is 6.39. The van der Waals surface area contributed by atoms with E-state index in [4.69, 9.17) is 14.7 Å². The first-order valence-electron chi connectivity index (χ1n) is 10.8. The van der Waals surface area contributed by atoms with E-state index in [1.54, 1.807) is 12.1 Å². The summed E-state index contributed by atoms with van der Waals surface area (Å²) in [6, 6.07) is 8.70. The molecule has 2 aliphatic rings. The first kappa shape index (κ1) is 22.6. The van der Waals surface area contributed by atoms with Crippen LogP contribution in [-0.4, -0.2) is 65.8 Å². The van der Waals surface area contributed by atoms with E-state index in [0.717, 1.165) is 41.4 Å². The van der Waals surface area contributed by atoms with Gasteiger partial charge < -0.3 is 15.0 Å². The van der Waals surface area contributed by atoms with Crippen LogP contribution >= 0.6 is 11.5 Å². The van der Waals surface area contributed by atoms with E-state index in [1.807, 2.05) is 18.2 Å². The Morgan fingerprint density at radius 3 is 2.53 bits per heavy atom. The van der Waals surface area contributed by atoms with Crippen LogP contribution in [0.2, 0.25) is 0 Å². The lowest BCUT2D eigenvalue weighted by Gasteiger charge is -2.29. The van der Waals surface area contributed by atoms with Gasteiger partial charge in [-0.25, -0.2) is 28.2 Å². The number of nitrogens with one attached hydrogen (secondary N) is 2. The number of hydrogen-bond donors (Lipinski definition) is 3. The van der Waals surface area contributed by atoms with Crippen molar-refractivity contribution in [2.75, 3.05) is 47.6 Å². The molecule has 11 nitrogen and oxygen atoms in total. The minimum absolute atomic E-state index is 0.0912. The van der Waals surface area contributed by atoms with Gasteiger partial charge >= 0.3 is 6.03 Å². The van der Waals surface area contributed by atoms with Gasteiger partial charge in [0.15, 0.2) is 5.82 Å². The summed E-state index contributed by atoms with van der Waals surface area (Å²) in [6.45, 7) is 2.66. The summed E-state index contributed by atoms with van der Waals surface area (Å²) in [5, 5.41) is 5.77. The Hall–Kier alpha value is -3.16. The highest BCUT2D eigenvalue weighted by atomic mass is 32.2. The quantitative estimate of drug-likeness (QED) is 0.415. The Bertz CT molecular complexity index is 1230. The first-order valence-corrected chi connectivity index (χ1v) is 12.9. The predicted octanol–water partition coefficient (Wildman–Crippen LogP) is 2.12. The molecule has 1 aliphatic carbocycles. The minimum atomic E-state index is -2.51. The molecule has 0 bridgehead atoms. The normalized spacial score (nSPS) is 16.9. The number of hydrogen-bond acceptors (Lipinski definition) is 10. The number of urea groups is 1. The Morgan fingerprint density at radius 1 is 1.12 bits per heavy atom. The second-order valence-electron chi connectivity index (χ2n) is 8.21. The van der Waals surface area contributed by atoms with E-state index in [-0.39, 0.29) is 5.75 Å². The zero-order valence-corrected chi connectivity index (χ0v) is 19.8. The van der Waals surface area contributed by atoms with Gasteiger partial charge in [0.2, 0.25) is 5.13 Å². The van der Waals surface area contributed by atoms with Gasteiger partial charge in [-0.15, -0.1) is 0 Å². The molecular formula is C21H23N7O4S2. The van der Waals surface area contributed by atoms with Crippen molar-refractivity contribution in [1.82, 2.24) is 19.3 Å². The molecule has 1 saturated heterocycles. The SMILES string of the molecule is O=C(Nc1ccc(-c2nc(N3CCOCC3)cc(C3(C[SH](=O)=O)CC3)n2)cc1)Nc1ncns1. The van der Waals surface area contributed by atoms with Crippen molar-refractivity contribution in [3.8, 4) is 11.4 Å². The van der Waals surface area contributed by atoms with Gasteiger partial charge in [-0.2, -0.15) is 4.37 Å². The monoisotopic (exact) mass is 501 g/mol. The maximum Gasteiger partial charge on any atom is 0.325 e. The lowest BCUT2D eigenvalue weighted by atomic mass is 10.0. The van der Waals surface area contributed by atoms with Gasteiger partial charge in [0.05, 0.1) is 24.7 Å². The van der Waals surface area contributed by atoms with Gasteiger partial charge in [0.1, 0.15) is 22.8 Å². The highest BCUT2D eigenvalue weighted by Gasteiger charge is 2.47. The van der Waals surface area contributed by atoms with Crippen molar-refractivity contribution in [3.63, 3.8) is 0 Å². The van der Waals surface area contributed by atoms with Crippen LogP contribution in [0.25, 0.3) is 11.4 Å². The molecule has 1 aromatic carbocycles. The Balaban J connectivity index is 1.40. The highest BCUT2D eigenvalue weighted by Crippen LogP contribution is 2.48. The van der Waals surface area contributed by atoms with Gasteiger partial charge in [0.25, 0.3) is 0 Å². The van der Waals surface area contributed by atoms with Crippen molar-refractivity contribution >= 4 is 44.9 Å². The van der Waals surface area contributed by atoms with Crippen molar-refractivity contribution in [3.05, 3.63) is 42.4 Å². The summed E-state index contributed by atoms with van der Waals surface area (Å²) in [7, 11) is -2.51. The number of ether oxygens (including phenoxy) is 1. The molecule has 0 radical (unpaired) electrons. The zero-order valence-electron chi connectivity index (χ0n) is 18.1. The van der Waals surface area contributed by atoms with Crippen molar-refractivity contribution in [2.45, 2.75) is 18.3 Å². The molecule has 2 amide bonds. The van der Waals surface area contributed by atoms with Crippen LogP contribution in [0.4, 0.5) is 21.4 Å². The third-order valence-electron chi connectivity index (χ3n) is 5.86. The number of benzene rings is 1. The summed E-state index contributed by atoms with van der Waals surface area (Å²) in [4.78, 5) is 27.7. The lowest BCUT2D eigenvalue weighted by molar-refractivity contribution is 0.122. The fourth-order valence-corrected chi connectivity index (χ4v) is 5.27. The summed E-state index contributed by atoms with van der Waals surface area (Å²) in [5.41, 5.74) is 1.70. The molecule has 2 aromatic heterocycles. The second kappa shape index (κ2) is 9.60. The number of morpholine rings is 1. The third kappa shape index (κ3) is 5.16. The summed E-state index contributed by atoms with van der Waals surface area (Å²) in [6.07, 6.45) is 2.96. The average molecular weight is 502 g/mol. The van der Waals surface area contributed by atoms with E-state index >= 15 is 0 Å². The predicted molar refractivity (Wildman–Crippen MR) is 129 cm³/mol. The third-order valence-corrected chi connectivity index (χ3v) is 7.30. The van der Waals surface area contributed by atoms with Crippen LogP contribution in [0.5, 0.6) is 0 Å². The van der Waals surface area contributed by atoms with Crippen LogP contribution in [0.3, 0.4) is 0 Å². The molecule has 0 spiro atoms. The summed E-state index contributed by atoms with van der Waals surface area (Å²) in [5.74, 6) is 1.39. The van der Waals surface area contributed by atoms with Crippen LogP contribution < -0.4 is 15.5 Å². The maximum atomic E-state index is 12.1. The molecule has 3 heterocycles. The first-order chi connectivity index (χ1) is 16.5. The number of amides is 2. The molecule has 0 atom stereocenters. The molecule has 1 aliphatic heterocycles. The Labute approximate surface area is 201 Å². The van der Waals surface area contributed by atoms with Crippen molar-refractivity contribution < 1.29 is 17.9 Å². The number of anilines is 3. The smallest absolute Gasteiger partial charge is 0.325 e. The van der Waals surface area contributed by atoms with Gasteiger partial charge in [-0.1, -0.05) is 0 Å². The van der Waals surface area contributed by atoms with Crippen LogP contribution in [0.15, 0.2) is 36.7 Å². The van der Waals surface area contributed by atoms with Gasteiger partial charge in [0, 0.05) is 47.4 Å². The molecular weight excluding hydrogens is 478 g/mol. The van der Waals surface area contributed by atoms with E-state index in [0.29, 0.717) is 42.9 Å². The lowest BCUT2D eigenvalue weighted by Crippen LogP contribution is -2.37. The topological polar surface area (TPSA) is 139 Å². The van der Waals surface area contributed by atoms with E-state index in [1.165, 1.54) is 6.33 Å². The maximum absolute atomic E-state index is 12.1. The van der Waals surface area contributed by atoms with Crippen molar-refractivity contribution in [1.29, 1.82) is 0 Å². The average Bonchev–Trinajstić information content (AvgIpc) is 3.44. The number of rotatable bonds is 7. The van der Waals surface area contributed by atoms with Crippen molar-refractivity contribution in [2.24, 2.45) is 0 Å². The molecule has 5 rings (SSSR count). The Morgan fingerprint density at radius 2 is 1.88 bits per heavy atom. The number of nitrogens with zero attached hydrogens (tertiary/aromatic N) is 5. The number of carbonyl (C=O) groups is 1. The number of carbonyl (C=O) groups excluding carboxylic acids is 1. The summed E-state index contributed by atoms with van der Waals surface area (Å²) >= 11 is 1.09. The molecule has 178 valence electrons. The standard InChI is InChI=1S/C21H23N7O4S2/c29-19(27-20-22-13-23-33-20)24-15-3-1-14(2-4-15)18-25-16(21(5-6-21)12-34(30)31)11-17(26-18)28-7-9-32-10-8-28/h1-4,11,13,34H,5-10,12H2,(H2,22,23,24,27,29). The van der Waals surface area contributed by atoms with E-state index in [9.17, 15) is 13.2 Å². The van der Waals surface area contributed by atoms with Crippen LogP contribution in [0.1, 0.15) is 18.5 Å². The molecule has 2 fully saturated rings. The van der Waals surface area contributed by atoms with Gasteiger partial charge in [-0.05, 0) is 37.1 Å². The number of aromatic nitrogens is 4. The van der Waals surface area contributed by atoms with E-state index < -0.39 is 22.2 Å². The van der Waals surface area contributed by atoms with Crippen LogP contribution in [0, 0.1) is 0 Å². The molecule has 2 N–H and O–H groups in total. The fourth-order valence-electron chi connectivity index (χ4n) is 3.87. The summed E-state index contributed by atoms with van der Waals surface area (Å²) < 4.78 is 32.3. The highest BCUT2D eigenvalue weighted by molar-refractivity contribution is 7.72. The molecule has 0 unspecified atom stereocenters. The largest absolute Gasteiger partial charge is 0.378 e. The second-order valence-corrected chi connectivity index (χ2v) is 9.97. The molecule has 13 heteroatoms. The van der Waals surface area contributed by atoms with E-state index in [2.05, 4.69) is 24.9 Å². The fraction of sp³-hybridized carbons (Fsp3) is 0.381. The zero-order chi connectivity index (χ0) is 23.5.